The largest absolute Gasteiger partial charge is 0.480 e. The van der Waals surface area contributed by atoms with Gasteiger partial charge >= 0.3 is 5.97 Å². The fourth-order valence-corrected chi connectivity index (χ4v) is 1.38. The van der Waals surface area contributed by atoms with Gasteiger partial charge in [0.2, 0.25) is 0 Å². The molecule has 6 heteroatoms. The molecule has 2 N–H and O–H groups in total. The number of nitrogens with zero attached hydrogens (tertiary/aromatic N) is 2. The van der Waals surface area contributed by atoms with E-state index in [2.05, 4.69) is 10.2 Å². The first kappa shape index (κ1) is 12.2. The summed E-state index contributed by atoms with van der Waals surface area (Å²) in [5.74, 6) is -1.37. The van der Waals surface area contributed by atoms with E-state index in [1.165, 1.54) is 4.90 Å². The number of aryl methyl sites for hydroxylation is 1. The molecule has 0 radical (unpaired) electrons. The van der Waals surface area contributed by atoms with E-state index in [-0.39, 0.29) is 18.1 Å². The van der Waals surface area contributed by atoms with Crippen molar-refractivity contribution in [3.8, 4) is 0 Å². The molecule has 0 spiro atoms. The molecule has 6 nitrogen and oxygen atoms in total. The Bertz CT molecular complexity index is 386. The smallest absolute Gasteiger partial charge is 0.323 e. The average molecular weight is 225 g/mol. The molecular weight excluding hydrogens is 210 g/mol. The van der Waals surface area contributed by atoms with E-state index in [0.717, 1.165) is 5.69 Å². The number of aromatic nitrogens is 2. The SMILES string of the molecule is CCCN(CC(=O)O)C(=O)c1cc(C)[nH]n1. The van der Waals surface area contributed by atoms with E-state index in [4.69, 9.17) is 5.11 Å². The van der Waals surface area contributed by atoms with Gasteiger partial charge < -0.3 is 10.0 Å². The van der Waals surface area contributed by atoms with E-state index in [1.54, 1.807) is 13.0 Å². The van der Waals surface area contributed by atoms with Crippen molar-refractivity contribution in [1.82, 2.24) is 15.1 Å². The highest BCUT2D eigenvalue weighted by Gasteiger charge is 2.19. The standard InChI is InChI=1S/C10H15N3O3/c1-3-4-13(6-9(14)15)10(16)8-5-7(2)11-12-8/h5H,3-4,6H2,1-2H3,(H,11,12)(H,14,15). The number of carbonyl (C=O) groups excluding carboxylic acids is 1. The van der Waals surface area contributed by atoms with E-state index in [9.17, 15) is 9.59 Å². The molecule has 0 aromatic carbocycles. The number of aliphatic carboxylic acids is 1. The number of hydrogen-bond donors (Lipinski definition) is 2. The van der Waals surface area contributed by atoms with Gasteiger partial charge in [0, 0.05) is 12.2 Å². The third kappa shape index (κ3) is 3.08. The van der Waals surface area contributed by atoms with Crippen molar-refractivity contribution >= 4 is 11.9 Å². The maximum atomic E-state index is 11.9. The van der Waals surface area contributed by atoms with Gasteiger partial charge in [-0.15, -0.1) is 0 Å². The van der Waals surface area contributed by atoms with Crippen molar-refractivity contribution in [2.24, 2.45) is 0 Å². The van der Waals surface area contributed by atoms with Crippen molar-refractivity contribution in [2.75, 3.05) is 13.1 Å². The van der Waals surface area contributed by atoms with Gasteiger partial charge in [-0.1, -0.05) is 6.92 Å². The molecule has 1 rings (SSSR count). The molecule has 0 aliphatic carbocycles. The number of aromatic amines is 1. The van der Waals surface area contributed by atoms with Crippen molar-refractivity contribution in [3.05, 3.63) is 17.5 Å². The van der Waals surface area contributed by atoms with Crippen LogP contribution in [0.1, 0.15) is 29.5 Å². The highest BCUT2D eigenvalue weighted by molar-refractivity contribution is 5.94. The van der Waals surface area contributed by atoms with E-state index >= 15 is 0 Å². The molecule has 0 saturated heterocycles. The summed E-state index contributed by atoms with van der Waals surface area (Å²) in [5, 5.41) is 15.2. The highest BCUT2D eigenvalue weighted by atomic mass is 16.4. The molecule has 1 heterocycles. The van der Waals surface area contributed by atoms with Gasteiger partial charge in [0.15, 0.2) is 0 Å². The Kier molecular flexibility index (Phi) is 4.04. The Morgan fingerprint density at radius 2 is 2.25 bits per heavy atom. The van der Waals surface area contributed by atoms with Crippen LogP contribution in [0.4, 0.5) is 0 Å². The zero-order chi connectivity index (χ0) is 12.1. The lowest BCUT2D eigenvalue weighted by molar-refractivity contribution is -0.137. The summed E-state index contributed by atoms with van der Waals surface area (Å²) in [7, 11) is 0. The highest BCUT2D eigenvalue weighted by Crippen LogP contribution is 2.04. The predicted molar refractivity (Wildman–Crippen MR) is 57.2 cm³/mol. The van der Waals surface area contributed by atoms with Crippen LogP contribution in [0.3, 0.4) is 0 Å². The van der Waals surface area contributed by atoms with Crippen LogP contribution < -0.4 is 0 Å². The van der Waals surface area contributed by atoms with Crippen LogP contribution in [0.5, 0.6) is 0 Å². The molecule has 0 aliphatic heterocycles. The van der Waals surface area contributed by atoms with Crippen molar-refractivity contribution < 1.29 is 14.7 Å². The molecule has 0 aliphatic rings. The minimum absolute atomic E-state index is 0.257. The van der Waals surface area contributed by atoms with Crippen molar-refractivity contribution in [2.45, 2.75) is 20.3 Å². The second-order valence-corrected chi connectivity index (χ2v) is 3.56. The van der Waals surface area contributed by atoms with Crippen LogP contribution in [0, 0.1) is 6.92 Å². The molecule has 0 fully saturated rings. The first-order valence-electron chi connectivity index (χ1n) is 5.07. The van der Waals surface area contributed by atoms with Gasteiger partial charge in [0.25, 0.3) is 5.91 Å². The third-order valence-corrected chi connectivity index (χ3v) is 2.03. The summed E-state index contributed by atoms with van der Waals surface area (Å²) in [6.07, 6.45) is 0.711. The van der Waals surface area contributed by atoms with Crippen LogP contribution in [0.2, 0.25) is 0 Å². The average Bonchev–Trinajstić information content (AvgIpc) is 2.62. The molecule has 1 aromatic heterocycles. The Morgan fingerprint density at radius 3 is 2.69 bits per heavy atom. The number of nitrogens with one attached hydrogen (secondary N) is 1. The molecule has 0 saturated carbocycles. The molecule has 1 amide bonds. The fourth-order valence-electron chi connectivity index (χ4n) is 1.38. The van der Waals surface area contributed by atoms with Gasteiger partial charge in [0.05, 0.1) is 0 Å². The molecule has 0 atom stereocenters. The Labute approximate surface area is 93.3 Å². The number of carboxylic acid groups (broad SMARTS) is 1. The zero-order valence-electron chi connectivity index (χ0n) is 9.36. The Hall–Kier alpha value is -1.85. The summed E-state index contributed by atoms with van der Waals surface area (Å²) in [6, 6.07) is 1.60. The Balaban J connectivity index is 2.78. The zero-order valence-corrected chi connectivity index (χ0v) is 9.36. The first-order chi connectivity index (χ1) is 7.54. The molecule has 0 bridgehead atoms. The monoisotopic (exact) mass is 225 g/mol. The maximum Gasteiger partial charge on any atom is 0.323 e. The molecule has 0 unspecified atom stereocenters. The number of carboxylic acids is 1. The number of carbonyl (C=O) groups is 2. The van der Waals surface area contributed by atoms with Crippen LogP contribution in [0.25, 0.3) is 0 Å². The number of amides is 1. The van der Waals surface area contributed by atoms with Gasteiger partial charge in [-0.05, 0) is 19.4 Å². The molecule has 1 aromatic rings. The fraction of sp³-hybridized carbons (Fsp3) is 0.500. The molecule has 88 valence electrons. The lowest BCUT2D eigenvalue weighted by Crippen LogP contribution is -2.36. The summed E-state index contributed by atoms with van der Waals surface area (Å²) in [5.41, 5.74) is 1.03. The van der Waals surface area contributed by atoms with Crippen molar-refractivity contribution in [1.29, 1.82) is 0 Å². The van der Waals surface area contributed by atoms with E-state index in [1.807, 2.05) is 6.92 Å². The third-order valence-electron chi connectivity index (χ3n) is 2.03. The predicted octanol–water partition coefficient (Wildman–Crippen LogP) is 0.655. The summed E-state index contributed by atoms with van der Waals surface area (Å²) in [6.45, 7) is 3.79. The minimum atomic E-state index is -1.02. The quantitative estimate of drug-likeness (QED) is 0.770. The van der Waals surface area contributed by atoms with Gasteiger partial charge in [-0.2, -0.15) is 5.10 Å². The number of hydrogen-bond acceptors (Lipinski definition) is 3. The summed E-state index contributed by atoms with van der Waals surface area (Å²) >= 11 is 0. The van der Waals surface area contributed by atoms with Crippen LogP contribution in [0.15, 0.2) is 6.07 Å². The first-order valence-corrected chi connectivity index (χ1v) is 5.07. The second-order valence-electron chi connectivity index (χ2n) is 3.56. The lowest BCUT2D eigenvalue weighted by atomic mass is 10.3. The van der Waals surface area contributed by atoms with Crippen LogP contribution >= 0.6 is 0 Å². The maximum absolute atomic E-state index is 11.9. The van der Waals surface area contributed by atoms with Crippen LogP contribution in [-0.4, -0.2) is 45.2 Å². The minimum Gasteiger partial charge on any atom is -0.480 e. The normalized spacial score (nSPS) is 10.1. The summed E-state index contributed by atoms with van der Waals surface area (Å²) < 4.78 is 0. The van der Waals surface area contributed by atoms with Crippen molar-refractivity contribution in [3.63, 3.8) is 0 Å². The topological polar surface area (TPSA) is 86.3 Å². The van der Waals surface area contributed by atoms with Crippen LogP contribution in [-0.2, 0) is 4.79 Å². The number of H-pyrrole nitrogens is 1. The van der Waals surface area contributed by atoms with Gasteiger partial charge in [-0.3, -0.25) is 14.7 Å². The van der Waals surface area contributed by atoms with E-state index < -0.39 is 5.97 Å². The molecular formula is C10H15N3O3. The second kappa shape index (κ2) is 5.29. The van der Waals surface area contributed by atoms with Gasteiger partial charge in [-0.25, -0.2) is 0 Å². The number of rotatable bonds is 5. The molecule has 16 heavy (non-hydrogen) atoms. The van der Waals surface area contributed by atoms with E-state index in [0.29, 0.717) is 13.0 Å². The van der Waals surface area contributed by atoms with Gasteiger partial charge in [0.1, 0.15) is 12.2 Å². The summed E-state index contributed by atoms with van der Waals surface area (Å²) in [4.78, 5) is 23.7. The Morgan fingerprint density at radius 1 is 1.56 bits per heavy atom. The lowest BCUT2D eigenvalue weighted by Gasteiger charge is -2.18.